The summed E-state index contributed by atoms with van der Waals surface area (Å²) in [6, 6.07) is 0.687. The van der Waals surface area contributed by atoms with Crippen LogP contribution >= 0.6 is 11.8 Å². The van der Waals surface area contributed by atoms with E-state index in [2.05, 4.69) is 39.3 Å². The van der Waals surface area contributed by atoms with Crippen LogP contribution in [0.2, 0.25) is 0 Å². The second-order valence-electron chi connectivity index (χ2n) is 4.66. The van der Waals surface area contributed by atoms with Gasteiger partial charge >= 0.3 is 0 Å². The average molecular weight is 217 g/mol. The second-order valence-corrected chi connectivity index (χ2v) is 5.94. The third-order valence-electron chi connectivity index (χ3n) is 2.62. The van der Waals surface area contributed by atoms with Gasteiger partial charge in [0.2, 0.25) is 0 Å². The van der Waals surface area contributed by atoms with Gasteiger partial charge in [-0.2, -0.15) is 11.8 Å². The molecule has 0 aliphatic rings. The number of nitrogens with one attached hydrogen (secondary N) is 1. The second kappa shape index (κ2) is 8.60. The molecule has 0 aliphatic carbocycles. The summed E-state index contributed by atoms with van der Waals surface area (Å²) in [5.41, 5.74) is 0. The summed E-state index contributed by atoms with van der Waals surface area (Å²) in [4.78, 5) is 0. The zero-order valence-electron chi connectivity index (χ0n) is 10.5. The molecule has 0 spiro atoms. The Morgan fingerprint density at radius 3 is 2.14 bits per heavy atom. The Balaban J connectivity index is 3.30. The van der Waals surface area contributed by atoms with Crippen molar-refractivity contribution in [3.8, 4) is 0 Å². The van der Waals surface area contributed by atoms with E-state index < -0.39 is 0 Å². The standard InChI is InChI=1S/C12H27NS/c1-10(2)6-7-11(3)13-9-8-12(4)14-5/h10-13H,6-9H2,1-5H3. The highest BCUT2D eigenvalue weighted by Gasteiger charge is 2.04. The third-order valence-corrected chi connectivity index (χ3v) is 3.66. The van der Waals surface area contributed by atoms with Crippen LogP contribution in [0.3, 0.4) is 0 Å². The Bertz CT molecular complexity index is 125. The summed E-state index contributed by atoms with van der Waals surface area (Å²) in [5, 5.41) is 4.38. The average Bonchev–Trinajstić information content (AvgIpc) is 2.14. The Morgan fingerprint density at radius 1 is 1.00 bits per heavy atom. The Hall–Kier alpha value is 0.310. The molecule has 2 heteroatoms. The molecule has 2 atom stereocenters. The maximum Gasteiger partial charge on any atom is 0.00388 e. The monoisotopic (exact) mass is 217 g/mol. The molecule has 0 amide bonds. The van der Waals surface area contributed by atoms with Gasteiger partial charge in [-0.25, -0.2) is 0 Å². The van der Waals surface area contributed by atoms with Gasteiger partial charge in [-0.1, -0.05) is 20.8 Å². The maximum absolute atomic E-state index is 3.59. The van der Waals surface area contributed by atoms with Crippen LogP contribution < -0.4 is 5.32 Å². The molecule has 0 saturated carbocycles. The van der Waals surface area contributed by atoms with E-state index in [4.69, 9.17) is 0 Å². The van der Waals surface area contributed by atoms with E-state index in [1.165, 1.54) is 25.8 Å². The highest BCUT2D eigenvalue weighted by molar-refractivity contribution is 7.99. The molecule has 2 unspecified atom stereocenters. The first-order valence-corrected chi connectivity index (χ1v) is 7.11. The van der Waals surface area contributed by atoms with Crippen LogP contribution in [0.25, 0.3) is 0 Å². The van der Waals surface area contributed by atoms with E-state index >= 15 is 0 Å². The van der Waals surface area contributed by atoms with Crippen LogP contribution in [0.4, 0.5) is 0 Å². The zero-order valence-corrected chi connectivity index (χ0v) is 11.3. The zero-order chi connectivity index (χ0) is 11.0. The van der Waals surface area contributed by atoms with Crippen molar-refractivity contribution in [1.29, 1.82) is 0 Å². The minimum absolute atomic E-state index is 0.687. The maximum atomic E-state index is 3.59. The molecular formula is C12H27NS. The molecule has 0 aromatic heterocycles. The summed E-state index contributed by atoms with van der Waals surface area (Å²) < 4.78 is 0. The van der Waals surface area contributed by atoms with Crippen LogP contribution in [0.5, 0.6) is 0 Å². The molecule has 0 bridgehead atoms. The fourth-order valence-electron chi connectivity index (χ4n) is 1.34. The van der Waals surface area contributed by atoms with E-state index in [0.29, 0.717) is 6.04 Å². The SMILES string of the molecule is CSC(C)CCNC(C)CCC(C)C. The van der Waals surface area contributed by atoms with E-state index in [1.807, 2.05) is 11.8 Å². The van der Waals surface area contributed by atoms with Crippen molar-refractivity contribution in [2.45, 2.75) is 58.2 Å². The fourth-order valence-corrected chi connectivity index (χ4v) is 1.69. The van der Waals surface area contributed by atoms with E-state index in [1.54, 1.807) is 0 Å². The van der Waals surface area contributed by atoms with Gasteiger partial charge in [-0.3, -0.25) is 0 Å². The van der Waals surface area contributed by atoms with Gasteiger partial charge in [0.25, 0.3) is 0 Å². The highest BCUT2D eigenvalue weighted by atomic mass is 32.2. The normalized spacial score (nSPS) is 15.9. The summed E-state index contributed by atoms with van der Waals surface area (Å²) >= 11 is 1.95. The molecule has 1 nitrogen and oxygen atoms in total. The lowest BCUT2D eigenvalue weighted by Crippen LogP contribution is -2.28. The first-order valence-electron chi connectivity index (χ1n) is 5.82. The van der Waals surface area contributed by atoms with Crippen molar-refractivity contribution in [2.24, 2.45) is 5.92 Å². The predicted molar refractivity (Wildman–Crippen MR) is 69.1 cm³/mol. The van der Waals surface area contributed by atoms with Gasteiger partial charge < -0.3 is 5.32 Å². The minimum atomic E-state index is 0.687. The molecule has 0 aromatic rings. The summed E-state index contributed by atoms with van der Waals surface area (Å²) in [7, 11) is 0. The molecule has 14 heavy (non-hydrogen) atoms. The van der Waals surface area contributed by atoms with E-state index in [9.17, 15) is 0 Å². The minimum Gasteiger partial charge on any atom is -0.314 e. The Morgan fingerprint density at radius 2 is 1.64 bits per heavy atom. The third kappa shape index (κ3) is 8.89. The smallest absolute Gasteiger partial charge is 0.00388 e. The molecule has 1 N–H and O–H groups in total. The lowest BCUT2D eigenvalue weighted by Gasteiger charge is -2.16. The van der Waals surface area contributed by atoms with Crippen LogP contribution in [0.15, 0.2) is 0 Å². The summed E-state index contributed by atoms with van der Waals surface area (Å²) in [5.74, 6) is 0.837. The van der Waals surface area contributed by atoms with E-state index in [-0.39, 0.29) is 0 Å². The molecule has 0 rings (SSSR count). The topological polar surface area (TPSA) is 12.0 Å². The number of hydrogen-bond donors (Lipinski definition) is 1. The largest absolute Gasteiger partial charge is 0.314 e. The molecular weight excluding hydrogens is 190 g/mol. The van der Waals surface area contributed by atoms with E-state index in [0.717, 1.165) is 11.2 Å². The molecule has 0 aliphatic heterocycles. The molecule has 86 valence electrons. The van der Waals surface area contributed by atoms with Crippen molar-refractivity contribution in [3.63, 3.8) is 0 Å². The molecule has 0 saturated heterocycles. The first-order chi connectivity index (χ1) is 6.56. The quantitative estimate of drug-likeness (QED) is 0.667. The van der Waals surface area contributed by atoms with Gasteiger partial charge in [0.15, 0.2) is 0 Å². The van der Waals surface area contributed by atoms with Crippen LogP contribution in [-0.4, -0.2) is 24.1 Å². The Labute approximate surface area is 94.4 Å². The molecule has 0 aromatic carbocycles. The van der Waals surface area contributed by atoms with Crippen LogP contribution in [-0.2, 0) is 0 Å². The first kappa shape index (κ1) is 14.3. The van der Waals surface area contributed by atoms with Gasteiger partial charge in [0.05, 0.1) is 0 Å². The van der Waals surface area contributed by atoms with Crippen molar-refractivity contribution in [1.82, 2.24) is 5.32 Å². The van der Waals surface area contributed by atoms with Crippen LogP contribution in [0.1, 0.15) is 47.0 Å². The summed E-state index contributed by atoms with van der Waals surface area (Å²) in [6.07, 6.45) is 6.12. The number of thioether (sulfide) groups is 1. The van der Waals surface area contributed by atoms with Crippen LogP contribution in [0, 0.1) is 5.92 Å². The van der Waals surface area contributed by atoms with Crippen molar-refractivity contribution in [3.05, 3.63) is 0 Å². The summed E-state index contributed by atoms with van der Waals surface area (Å²) in [6.45, 7) is 10.4. The fraction of sp³-hybridized carbons (Fsp3) is 1.00. The molecule has 0 radical (unpaired) electrons. The van der Waals surface area contributed by atoms with Gasteiger partial charge in [0.1, 0.15) is 0 Å². The van der Waals surface area contributed by atoms with Crippen molar-refractivity contribution in [2.75, 3.05) is 12.8 Å². The number of rotatable bonds is 8. The Kier molecular flexibility index (Phi) is 8.80. The van der Waals surface area contributed by atoms with Crippen molar-refractivity contribution >= 4 is 11.8 Å². The van der Waals surface area contributed by atoms with Gasteiger partial charge in [-0.15, -0.1) is 0 Å². The van der Waals surface area contributed by atoms with Crippen molar-refractivity contribution < 1.29 is 0 Å². The molecule has 0 heterocycles. The highest BCUT2D eigenvalue weighted by Crippen LogP contribution is 2.09. The van der Waals surface area contributed by atoms with Gasteiger partial charge in [0, 0.05) is 11.3 Å². The number of hydrogen-bond acceptors (Lipinski definition) is 2. The lowest BCUT2D eigenvalue weighted by atomic mass is 10.0. The molecule has 0 fully saturated rings. The lowest BCUT2D eigenvalue weighted by molar-refractivity contribution is 0.448. The van der Waals surface area contributed by atoms with Gasteiger partial charge in [-0.05, 0) is 44.9 Å². The predicted octanol–water partition coefficient (Wildman–Crippen LogP) is 3.54.